The third-order valence-electron chi connectivity index (χ3n) is 2.69. The molecule has 0 aromatic heterocycles. The number of phenols is 2. The van der Waals surface area contributed by atoms with Gasteiger partial charge in [-0.2, -0.15) is 5.10 Å². The Balaban J connectivity index is 1.91. The molecule has 0 unspecified atom stereocenters. The van der Waals surface area contributed by atoms with Crippen molar-refractivity contribution in [3.05, 3.63) is 53.6 Å². The molecule has 2 rings (SSSR count). The second-order valence-electron chi connectivity index (χ2n) is 4.43. The summed E-state index contributed by atoms with van der Waals surface area (Å²) >= 11 is 5.10. The molecule has 0 aliphatic heterocycles. The van der Waals surface area contributed by atoms with E-state index in [0.717, 1.165) is 5.69 Å². The van der Waals surface area contributed by atoms with Gasteiger partial charge in [-0.15, -0.1) is 0 Å². The quantitative estimate of drug-likeness (QED) is 0.398. The Kier molecular flexibility index (Phi) is 4.73. The Morgan fingerprint density at radius 2 is 1.86 bits per heavy atom. The highest BCUT2D eigenvalue weighted by Gasteiger charge is 1.99. The maximum Gasteiger partial charge on any atom is 0.191 e. The van der Waals surface area contributed by atoms with E-state index in [-0.39, 0.29) is 11.5 Å². The van der Waals surface area contributed by atoms with Crippen molar-refractivity contribution in [2.75, 3.05) is 5.32 Å². The molecule has 2 aromatic rings. The maximum absolute atomic E-state index is 9.59. The van der Waals surface area contributed by atoms with Gasteiger partial charge in [-0.05, 0) is 43.4 Å². The number of hydrogen-bond donors (Lipinski definition) is 4. The van der Waals surface area contributed by atoms with Crippen molar-refractivity contribution in [2.24, 2.45) is 5.10 Å². The number of hydrazone groups is 1. The molecule has 5 nitrogen and oxygen atoms in total. The molecule has 0 saturated carbocycles. The summed E-state index contributed by atoms with van der Waals surface area (Å²) in [6, 6.07) is 12.0. The van der Waals surface area contributed by atoms with Gasteiger partial charge in [0.15, 0.2) is 5.11 Å². The van der Waals surface area contributed by atoms with Crippen molar-refractivity contribution in [1.82, 2.24) is 5.43 Å². The lowest BCUT2D eigenvalue weighted by Gasteiger charge is -2.07. The van der Waals surface area contributed by atoms with Gasteiger partial charge in [0.25, 0.3) is 0 Å². The molecule has 6 heteroatoms. The Hall–Kier alpha value is -2.60. The van der Waals surface area contributed by atoms with Gasteiger partial charge in [0.05, 0.1) is 6.21 Å². The van der Waals surface area contributed by atoms with Crippen molar-refractivity contribution in [3.63, 3.8) is 0 Å². The number of benzene rings is 2. The van der Waals surface area contributed by atoms with Crippen molar-refractivity contribution in [3.8, 4) is 11.5 Å². The lowest BCUT2D eigenvalue weighted by molar-refractivity contribution is 0.450. The van der Waals surface area contributed by atoms with Crippen molar-refractivity contribution < 1.29 is 10.2 Å². The zero-order valence-corrected chi connectivity index (χ0v) is 12.2. The van der Waals surface area contributed by atoms with Crippen LogP contribution in [-0.2, 0) is 0 Å². The van der Waals surface area contributed by atoms with Crippen LogP contribution in [0.5, 0.6) is 11.5 Å². The number of hydrogen-bond acceptors (Lipinski definition) is 4. The summed E-state index contributed by atoms with van der Waals surface area (Å²) in [5.41, 5.74) is 5.15. The Bertz CT molecular complexity index is 669. The van der Waals surface area contributed by atoms with E-state index in [4.69, 9.17) is 12.2 Å². The molecule has 0 bridgehead atoms. The standard InChI is InChI=1S/C15H15N3O2S/c1-10-2-5-12(6-3-10)17-15(21)18-16-9-11-4-7-13(19)8-14(11)20/h2-9,19-20H,1H3,(H2,17,18,21)/b16-9-. The first-order valence-corrected chi connectivity index (χ1v) is 6.64. The molecule has 0 saturated heterocycles. The van der Waals surface area contributed by atoms with Crippen LogP contribution in [0.15, 0.2) is 47.6 Å². The first-order valence-electron chi connectivity index (χ1n) is 6.23. The van der Waals surface area contributed by atoms with Gasteiger partial charge in [-0.1, -0.05) is 17.7 Å². The van der Waals surface area contributed by atoms with Crippen LogP contribution in [0.2, 0.25) is 0 Å². The van der Waals surface area contributed by atoms with Crippen LogP contribution in [-0.4, -0.2) is 21.5 Å². The molecule has 0 amide bonds. The SMILES string of the molecule is Cc1ccc(NC(=S)N/N=C\c2ccc(O)cc2O)cc1. The molecule has 0 atom stereocenters. The van der Waals surface area contributed by atoms with Crippen LogP contribution in [0.1, 0.15) is 11.1 Å². The molecule has 0 spiro atoms. The molecule has 4 N–H and O–H groups in total. The number of nitrogens with one attached hydrogen (secondary N) is 2. The molecule has 0 radical (unpaired) electrons. The van der Waals surface area contributed by atoms with Gasteiger partial charge < -0.3 is 15.5 Å². The van der Waals surface area contributed by atoms with E-state index in [0.29, 0.717) is 10.7 Å². The fraction of sp³-hybridized carbons (Fsp3) is 0.0667. The number of phenolic OH excluding ortho intramolecular Hbond substituents is 2. The number of anilines is 1. The number of rotatable bonds is 3. The first kappa shape index (κ1) is 14.8. The summed E-state index contributed by atoms with van der Waals surface area (Å²) < 4.78 is 0. The summed E-state index contributed by atoms with van der Waals surface area (Å²) in [4.78, 5) is 0. The number of aryl methyl sites for hydroxylation is 1. The van der Waals surface area contributed by atoms with Crippen LogP contribution < -0.4 is 10.7 Å². The molecule has 108 valence electrons. The van der Waals surface area contributed by atoms with Crippen LogP contribution in [0.3, 0.4) is 0 Å². The second-order valence-corrected chi connectivity index (χ2v) is 4.84. The summed E-state index contributed by atoms with van der Waals surface area (Å²) in [6.07, 6.45) is 1.41. The van der Waals surface area contributed by atoms with E-state index in [1.54, 1.807) is 6.07 Å². The van der Waals surface area contributed by atoms with Gasteiger partial charge in [0.1, 0.15) is 11.5 Å². The minimum absolute atomic E-state index is 0.00540. The summed E-state index contributed by atoms with van der Waals surface area (Å²) in [7, 11) is 0. The van der Waals surface area contributed by atoms with E-state index in [1.807, 2.05) is 31.2 Å². The lowest BCUT2D eigenvalue weighted by Crippen LogP contribution is -2.23. The van der Waals surface area contributed by atoms with Gasteiger partial charge in [0.2, 0.25) is 0 Å². The molecule has 0 aliphatic rings. The van der Waals surface area contributed by atoms with Gasteiger partial charge >= 0.3 is 0 Å². The molecular formula is C15H15N3O2S. The third kappa shape index (κ3) is 4.47. The fourth-order valence-electron chi connectivity index (χ4n) is 1.60. The predicted octanol–water partition coefficient (Wildman–Crippen LogP) is 2.73. The fourth-order valence-corrected chi connectivity index (χ4v) is 1.77. The van der Waals surface area contributed by atoms with Crippen molar-refractivity contribution in [1.29, 1.82) is 0 Å². The van der Waals surface area contributed by atoms with E-state index in [9.17, 15) is 10.2 Å². The van der Waals surface area contributed by atoms with Crippen molar-refractivity contribution >= 4 is 29.2 Å². The molecule has 0 heterocycles. The number of thiocarbonyl (C=S) groups is 1. The number of nitrogens with zero attached hydrogens (tertiary/aromatic N) is 1. The van der Waals surface area contributed by atoms with Crippen molar-refractivity contribution in [2.45, 2.75) is 6.92 Å². The minimum Gasteiger partial charge on any atom is -0.508 e. The normalized spacial score (nSPS) is 10.5. The summed E-state index contributed by atoms with van der Waals surface area (Å²) in [5.74, 6) is -0.0628. The second kappa shape index (κ2) is 6.71. The monoisotopic (exact) mass is 301 g/mol. The van der Waals surface area contributed by atoms with E-state index in [1.165, 1.54) is 23.9 Å². The highest BCUT2D eigenvalue weighted by atomic mass is 32.1. The number of aromatic hydroxyl groups is 2. The summed E-state index contributed by atoms with van der Waals surface area (Å²) in [5, 5.41) is 26.0. The predicted molar refractivity (Wildman–Crippen MR) is 87.9 cm³/mol. The average Bonchev–Trinajstić information content (AvgIpc) is 2.44. The van der Waals surface area contributed by atoms with Crippen LogP contribution in [0.4, 0.5) is 5.69 Å². The van der Waals surface area contributed by atoms with Crippen LogP contribution in [0.25, 0.3) is 0 Å². The smallest absolute Gasteiger partial charge is 0.191 e. The maximum atomic E-state index is 9.59. The molecule has 21 heavy (non-hydrogen) atoms. The van der Waals surface area contributed by atoms with Gasteiger partial charge in [0, 0.05) is 17.3 Å². The lowest BCUT2D eigenvalue weighted by atomic mass is 10.2. The topological polar surface area (TPSA) is 76.9 Å². The zero-order chi connectivity index (χ0) is 15.2. The highest BCUT2D eigenvalue weighted by molar-refractivity contribution is 7.80. The first-order chi connectivity index (χ1) is 10.0. The largest absolute Gasteiger partial charge is 0.508 e. The van der Waals surface area contributed by atoms with Crippen LogP contribution in [0, 0.1) is 6.92 Å². The molecular weight excluding hydrogens is 286 g/mol. The molecule has 0 fully saturated rings. The molecule has 0 aliphatic carbocycles. The minimum atomic E-state index is -0.0574. The van der Waals surface area contributed by atoms with E-state index in [2.05, 4.69) is 15.8 Å². The zero-order valence-electron chi connectivity index (χ0n) is 11.4. The molecule has 2 aromatic carbocycles. The Morgan fingerprint density at radius 3 is 2.52 bits per heavy atom. The van der Waals surface area contributed by atoms with E-state index < -0.39 is 0 Å². The average molecular weight is 301 g/mol. The highest BCUT2D eigenvalue weighted by Crippen LogP contribution is 2.20. The van der Waals surface area contributed by atoms with Gasteiger partial charge in [-0.3, -0.25) is 5.43 Å². The Morgan fingerprint density at radius 1 is 1.14 bits per heavy atom. The van der Waals surface area contributed by atoms with Gasteiger partial charge in [-0.25, -0.2) is 0 Å². The summed E-state index contributed by atoms with van der Waals surface area (Å²) in [6.45, 7) is 2.01. The Labute approximate surface area is 127 Å². The third-order valence-corrected chi connectivity index (χ3v) is 2.89. The van der Waals surface area contributed by atoms with Crippen LogP contribution >= 0.6 is 12.2 Å². The van der Waals surface area contributed by atoms with E-state index >= 15 is 0 Å².